The van der Waals surface area contributed by atoms with Gasteiger partial charge in [-0.25, -0.2) is 0 Å². The van der Waals surface area contributed by atoms with Crippen molar-refractivity contribution in [2.45, 2.75) is 29.9 Å². The number of rotatable bonds is 7. The molecule has 0 aliphatic carbocycles. The summed E-state index contributed by atoms with van der Waals surface area (Å²) < 4.78 is 0. The number of nitrogens with zero attached hydrogens (tertiary/aromatic N) is 2. The number of para-hydroxylation sites is 1. The molecule has 2 N–H and O–H groups in total. The van der Waals surface area contributed by atoms with E-state index in [1.165, 1.54) is 16.8 Å². The zero-order valence-corrected chi connectivity index (χ0v) is 20.5. The summed E-state index contributed by atoms with van der Waals surface area (Å²) in [5.74, 6) is -0.283. The Kier molecular flexibility index (Phi) is 7.84. The average Bonchev–Trinajstić information content (AvgIpc) is 3.21. The maximum absolute atomic E-state index is 12.7. The highest BCUT2D eigenvalue weighted by Gasteiger charge is 2.27. The maximum atomic E-state index is 12.7. The summed E-state index contributed by atoms with van der Waals surface area (Å²) >= 11 is 7.24. The Labute approximate surface area is 212 Å². The van der Waals surface area contributed by atoms with E-state index in [4.69, 9.17) is 11.6 Å². The number of thioether (sulfide) groups is 1. The molecule has 0 spiro atoms. The van der Waals surface area contributed by atoms with Crippen LogP contribution >= 0.6 is 23.4 Å². The SMILES string of the molecule is CC(Sc1cccc(NC(=O)Cc2ccc(Cl)cc2)c1)C(=O)NC1=NN(c2ccccc2)C(=O)C1. The Morgan fingerprint density at radius 2 is 1.77 bits per heavy atom. The van der Waals surface area contributed by atoms with Crippen molar-refractivity contribution in [2.24, 2.45) is 5.10 Å². The second-order valence-electron chi connectivity index (χ2n) is 7.89. The molecule has 3 amide bonds. The highest BCUT2D eigenvalue weighted by molar-refractivity contribution is 8.00. The number of benzene rings is 3. The van der Waals surface area contributed by atoms with Crippen molar-refractivity contribution in [1.29, 1.82) is 0 Å². The minimum Gasteiger partial charge on any atom is -0.326 e. The van der Waals surface area contributed by atoms with Gasteiger partial charge in [0.05, 0.1) is 23.8 Å². The highest BCUT2D eigenvalue weighted by Crippen LogP contribution is 2.26. The van der Waals surface area contributed by atoms with Gasteiger partial charge in [-0.1, -0.05) is 48.0 Å². The van der Waals surface area contributed by atoms with Crippen molar-refractivity contribution >= 4 is 58.3 Å². The molecule has 0 bridgehead atoms. The van der Waals surface area contributed by atoms with E-state index >= 15 is 0 Å². The molecule has 3 aromatic rings. The third kappa shape index (κ3) is 6.71. The van der Waals surface area contributed by atoms with Crippen LogP contribution in [0.15, 0.2) is 88.9 Å². The number of nitrogens with one attached hydrogen (secondary N) is 2. The lowest BCUT2D eigenvalue weighted by atomic mass is 10.1. The van der Waals surface area contributed by atoms with E-state index < -0.39 is 5.25 Å². The zero-order valence-electron chi connectivity index (χ0n) is 18.9. The van der Waals surface area contributed by atoms with Crippen molar-refractivity contribution in [3.63, 3.8) is 0 Å². The second-order valence-corrected chi connectivity index (χ2v) is 9.74. The van der Waals surface area contributed by atoms with Gasteiger partial charge < -0.3 is 10.6 Å². The lowest BCUT2D eigenvalue weighted by Crippen LogP contribution is -2.35. The van der Waals surface area contributed by atoms with Crippen molar-refractivity contribution in [3.8, 4) is 0 Å². The van der Waals surface area contributed by atoms with E-state index in [-0.39, 0.29) is 30.6 Å². The smallest absolute Gasteiger partial charge is 0.255 e. The number of anilines is 2. The van der Waals surface area contributed by atoms with Crippen molar-refractivity contribution in [2.75, 3.05) is 10.3 Å². The summed E-state index contributed by atoms with van der Waals surface area (Å²) in [6, 6.07) is 23.5. The first kappa shape index (κ1) is 24.5. The highest BCUT2D eigenvalue weighted by atomic mass is 35.5. The Balaban J connectivity index is 1.32. The largest absolute Gasteiger partial charge is 0.326 e. The molecule has 7 nitrogen and oxygen atoms in total. The predicted molar refractivity (Wildman–Crippen MR) is 140 cm³/mol. The van der Waals surface area contributed by atoms with Gasteiger partial charge in [0.15, 0.2) is 0 Å². The number of carbonyl (C=O) groups is 3. The van der Waals surface area contributed by atoms with E-state index in [2.05, 4.69) is 15.7 Å². The van der Waals surface area contributed by atoms with Crippen LogP contribution in [0.2, 0.25) is 5.02 Å². The van der Waals surface area contributed by atoms with Crippen LogP contribution in [0.3, 0.4) is 0 Å². The van der Waals surface area contributed by atoms with Crippen LogP contribution in [-0.4, -0.2) is 28.8 Å². The zero-order chi connectivity index (χ0) is 24.8. The quantitative estimate of drug-likeness (QED) is 0.447. The molecule has 0 saturated carbocycles. The second kappa shape index (κ2) is 11.2. The van der Waals surface area contributed by atoms with Crippen LogP contribution in [0.25, 0.3) is 0 Å². The van der Waals surface area contributed by atoms with E-state index in [1.807, 2.05) is 48.5 Å². The molecule has 1 heterocycles. The Morgan fingerprint density at radius 1 is 1.03 bits per heavy atom. The first-order valence-electron chi connectivity index (χ1n) is 10.9. The molecule has 178 valence electrons. The summed E-state index contributed by atoms with van der Waals surface area (Å²) in [5, 5.41) is 11.4. The van der Waals surface area contributed by atoms with E-state index in [0.29, 0.717) is 22.2 Å². The molecule has 1 aliphatic heterocycles. The number of hydrazone groups is 1. The van der Waals surface area contributed by atoms with Gasteiger partial charge in [-0.15, -0.1) is 11.8 Å². The Bertz CT molecular complexity index is 1270. The van der Waals surface area contributed by atoms with E-state index in [1.54, 1.807) is 37.3 Å². The normalized spacial score (nSPS) is 13.8. The van der Waals surface area contributed by atoms with Crippen LogP contribution in [0.1, 0.15) is 18.9 Å². The van der Waals surface area contributed by atoms with Crippen LogP contribution in [0, 0.1) is 0 Å². The average molecular weight is 507 g/mol. The standard InChI is InChI=1S/C26H23ClN4O3S/c1-17(26(34)29-23-16-25(33)31(30-23)21-7-3-2-4-8-21)35-22-9-5-6-20(15-22)28-24(32)14-18-10-12-19(27)13-11-18/h2-13,15,17H,14,16H2,1H3,(H,28,32)(H,29,30,34). The van der Waals surface area contributed by atoms with Gasteiger partial charge in [0, 0.05) is 15.6 Å². The Hall–Kier alpha value is -3.62. The van der Waals surface area contributed by atoms with Gasteiger partial charge in [0.25, 0.3) is 5.91 Å². The summed E-state index contributed by atoms with van der Waals surface area (Å²) in [4.78, 5) is 38.2. The molecular formula is C26H23ClN4O3S. The minimum atomic E-state index is -0.446. The summed E-state index contributed by atoms with van der Waals surface area (Å²) in [7, 11) is 0. The summed E-state index contributed by atoms with van der Waals surface area (Å²) in [6.45, 7) is 1.78. The molecule has 0 fully saturated rings. The molecule has 35 heavy (non-hydrogen) atoms. The first-order chi connectivity index (χ1) is 16.9. The summed E-state index contributed by atoms with van der Waals surface area (Å²) in [6.07, 6.45) is 0.265. The number of amidine groups is 1. The third-order valence-electron chi connectivity index (χ3n) is 5.12. The van der Waals surface area contributed by atoms with E-state index in [9.17, 15) is 14.4 Å². The molecule has 0 aromatic heterocycles. The van der Waals surface area contributed by atoms with Gasteiger partial charge >= 0.3 is 0 Å². The van der Waals surface area contributed by atoms with Gasteiger partial charge in [-0.3, -0.25) is 14.4 Å². The van der Waals surface area contributed by atoms with Crippen molar-refractivity contribution < 1.29 is 14.4 Å². The molecule has 4 rings (SSSR count). The van der Waals surface area contributed by atoms with Crippen LogP contribution in [-0.2, 0) is 20.8 Å². The maximum Gasteiger partial charge on any atom is 0.255 e. The molecule has 1 aliphatic rings. The number of amides is 3. The molecule has 1 atom stereocenters. The number of hydrogen-bond acceptors (Lipinski definition) is 5. The van der Waals surface area contributed by atoms with Gasteiger partial charge in [-0.2, -0.15) is 10.1 Å². The summed E-state index contributed by atoms with van der Waals surface area (Å²) in [5.41, 5.74) is 2.16. The fourth-order valence-electron chi connectivity index (χ4n) is 3.41. The molecule has 9 heteroatoms. The minimum absolute atomic E-state index is 0.0349. The van der Waals surface area contributed by atoms with Crippen LogP contribution in [0.5, 0.6) is 0 Å². The fraction of sp³-hybridized carbons (Fsp3) is 0.154. The molecule has 0 saturated heterocycles. The van der Waals surface area contributed by atoms with Crippen molar-refractivity contribution in [3.05, 3.63) is 89.4 Å². The lowest BCUT2D eigenvalue weighted by Gasteiger charge is -2.13. The number of hydrogen-bond donors (Lipinski definition) is 2. The molecule has 3 aromatic carbocycles. The Morgan fingerprint density at radius 3 is 2.51 bits per heavy atom. The number of halogens is 1. The number of carbonyl (C=O) groups excluding carboxylic acids is 3. The molecular weight excluding hydrogens is 484 g/mol. The molecule has 1 unspecified atom stereocenters. The van der Waals surface area contributed by atoms with Crippen molar-refractivity contribution in [1.82, 2.24) is 5.32 Å². The van der Waals surface area contributed by atoms with E-state index in [0.717, 1.165) is 10.5 Å². The van der Waals surface area contributed by atoms with Gasteiger partial charge in [0.2, 0.25) is 11.8 Å². The predicted octanol–water partition coefficient (Wildman–Crippen LogP) is 4.87. The van der Waals surface area contributed by atoms with Crippen LogP contribution in [0.4, 0.5) is 11.4 Å². The van der Waals surface area contributed by atoms with Gasteiger partial charge in [0.1, 0.15) is 5.84 Å². The topological polar surface area (TPSA) is 90.9 Å². The van der Waals surface area contributed by atoms with Crippen LogP contribution < -0.4 is 15.6 Å². The molecule has 0 radical (unpaired) electrons. The monoisotopic (exact) mass is 506 g/mol. The third-order valence-corrected chi connectivity index (χ3v) is 6.47. The first-order valence-corrected chi connectivity index (χ1v) is 12.2. The fourth-order valence-corrected chi connectivity index (χ4v) is 4.46. The van der Waals surface area contributed by atoms with Gasteiger partial charge in [-0.05, 0) is 55.0 Å². The lowest BCUT2D eigenvalue weighted by molar-refractivity contribution is -0.119.